The molecule has 2 aliphatic heterocycles. The van der Waals surface area contributed by atoms with Crippen LogP contribution in [-0.4, -0.2) is 82.9 Å². The molecular formula is C24H29ClN6O4S2. The molecule has 4 atom stereocenters. The van der Waals surface area contributed by atoms with Crippen LogP contribution >= 0.6 is 34.7 Å². The second-order valence-electron chi connectivity index (χ2n) is 8.59. The molecule has 4 heterocycles. The summed E-state index contributed by atoms with van der Waals surface area (Å²) in [4.78, 5) is 24.0. The number of ether oxygens (including phenoxy) is 3. The number of hydrogen-bond donors (Lipinski definition) is 2. The van der Waals surface area contributed by atoms with Gasteiger partial charge < -0.3 is 29.9 Å². The fraction of sp³-hybridized carbons (Fsp3) is 0.458. The Labute approximate surface area is 229 Å². The molecule has 198 valence electrons. The average molecular weight is 565 g/mol. The number of methoxy groups -OCH3 is 1. The van der Waals surface area contributed by atoms with Crippen LogP contribution < -0.4 is 11.6 Å². The van der Waals surface area contributed by atoms with E-state index in [-0.39, 0.29) is 24.7 Å². The number of terminal acetylenes is 1. The van der Waals surface area contributed by atoms with Crippen molar-refractivity contribution in [1.82, 2.24) is 19.9 Å². The van der Waals surface area contributed by atoms with Crippen molar-refractivity contribution in [2.24, 2.45) is 11.6 Å². The SMILES string of the molecule is C#Cc1cnc(C(=O)N2CCC2)c(SC(OC2COC2C)C(CN(N)/C=C(\N)c2nc(Cl)cs2)OC)c1. The van der Waals surface area contributed by atoms with Crippen LogP contribution in [0.2, 0.25) is 5.15 Å². The summed E-state index contributed by atoms with van der Waals surface area (Å²) in [5.74, 6) is 8.73. The Morgan fingerprint density at radius 2 is 2.32 bits per heavy atom. The third kappa shape index (κ3) is 6.74. The zero-order valence-corrected chi connectivity index (χ0v) is 22.9. The van der Waals surface area contributed by atoms with Gasteiger partial charge in [-0.1, -0.05) is 29.3 Å². The normalized spacial score (nSPS) is 20.9. The van der Waals surface area contributed by atoms with E-state index in [0.29, 0.717) is 51.7 Å². The van der Waals surface area contributed by atoms with Gasteiger partial charge in [0, 0.05) is 48.4 Å². The van der Waals surface area contributed by atoms with E-state index in [0.717, 1.165) is 6.42 Å². The molecule has 0 spiro atoms. The van der Waals surface area contributed by atoms with Gasteiger partial charge in [0.2, 0.25) is 0 Å². The van der Waals surface area contributed by atoms with Crippen LogP contribution in [0.25, 0.3) is 5.70 Å². The van der Waals surface area contributed by atoms with Crippen molar-refractivity contribution in [2.45, 2.75) is 42.0 Å². The van der Waals surface area contributed by atoms with Crippen LogP contribution in [0.5, 0.6) is 0 Å². The highest BCUT2D eigenvalue weighted by molar-refractivity contribution is 8.00. The molecule has 2 aromatic heterocycles. The molecule has 4 unspecified atom stereocenters. The highest BCUT2D eigenvalue weighted by Crippen LogP contribution is 2.34. The van der Waals surface area contributed by atoms with Gasteiger partial charge in [-0.05, 0) is 19.4 Å². The number of hydrazine groups is 1. The first kappa shape index (κ1) is 27.7. The van der Waals surface area contributed by atoms with Crippen molar-refractivity contribution in [3.63, 3.8) is 0 Å². The summed E-state index contributed by atoms with van der Waals surface area (Å²) >= 11 is 8.56. The van der Waals surface area contributed by atoms with Gasteiger partial charge in [0.15, 0.2) is 0 Å². The molecule has 4 N–H and O–H groups in total. The minimum atomic E-state index is -0.561. The third-order valence-corrected chi connectivity index (χ3v) is 8.42. The van der Waals surface area contributed by atoms with Crippen molar-refractivity contribution >= 4 is 46.3 Å². The van der Waals surface area contributed by atoms with Crippen LogP contribution in [-0.2, 0) is 14.2 Å². The van der Waals surface area contributed by atoms with Gasteiger partial charge in [0.05, 0.1) is 25.0 Å². The molecule has 0 bridgehead atoms. The summed E-state index contributed by atoms with van der Waals surface area (Å²) in [7, 11) is 1.58. The number of hydrogen-bond acceptors (Lipinski definition) is 11. The first-order chi connectivity index (χ1) is 17.8. The van der Waals surface area contributed by atoms with Crippen LogP contribution in [0.15, 0.2) is 28.7 Å². The number of likely N-dealkylation sites (tertiary alicyclic amines) is 1. The first-order valence-electron chi connectivity index (χ1n) is 11.6. The third-order valence-electron chi connectivity index (χ3n) is 5.99. The average Bonchev–Trinajstić information content (AvgIpc) is 3.29. The number of rotatable bonds is 11. The molecule has 0 aromatic carbocycles. The maximum Gasteiger partial charge on any atom is 0.273 e. The molecular weight excluding hydrogens is 536 g/mol. The number of aromatic nitrogens is 2. The van der Waals surface area contributed by atoms with Gasteiger partial charge >= 0.3 is 0 Å². The van der Waals surface area contributed by atoms with Gasteiger partial charge in [0.1, 0.15) is 33.5 Å². The predicted octanol–water partition coefficient (Wildman–Crippen LogP) is 2.39. The van der Waals surface area contributed by atoms with Gasteiger partial charge in [-0.15, -0.1) is 17.8 Å². The maximum atomic E-state index is 13.1. The van der Waals surface area contributed by atoms with Crippen LogP contribution in [0.3, 0.4) is 0 Å². The topological polar surface area (TPSA) is 129 Å². The summed E-state index contributed by atoms with van der Waals surface area (Å²) in [6.07, 6.45) is 8.97. The van der Waals surface area contributed by atoms with E-state index in [9.17, 15) is 4.79 Å². The highest BCUT2D eigenvalue weighted by Gasteiger charge is 2.36. The molecule has 10 nitrogen and oxygen atoms in total. The van der Waals surface area contributed by atoms with E-state index in [1.807, 2.05) is 6.92 Å². The van der Waals surface area contributed by atoms with Gasteiger partial charge in [0.25, 0.3) is 5.91 Å². The summed E-state index contributed by atoms with van der Waals surface area (Å²) in [6, 6.07) is 1.78. The number of halogens is 1. The Hall–Kier alpha value is -2.37. The van der Waals surface area contributed by atoms with E-state index in [2.05, 4.69) is 15.9 Å². The molecule has 2 aromatic rings. The maximum absolute atomic E-state index is 13.1. The summed E-state index contributed by atoms with van der Waals surface area (Å²) in [6.45, 7) is 4.04. The Kier molecular flexibility index (Phi) is 9.31. The number of thiazole rings is 1. The zero-order valence-electron chi connectivity index (χ0n) is 20.5. The fourth-order valence-electron chi connectivity index (χ4n) is 3.60. The fourth-order valence-corrected chi connectivity index (χ4v) is 5.72. The molecule has 0 radical (unpaired) electrons. The Morgan fingerprint density at radius 3 is 2.86 bits per heavy atom. The van der Waals surface area contributed by atoms with Crippen molar-refractivity contribution < 1.29 is 19.0 Å². The summed E-state index contributed by atoms with van der Waals surface area (Å²) in [5, 5.41) is 4.03. The molecule has 2 saturated heterocycles. The van der Waals surface area contributed by atoms with Gasteiger partial charge in [-0.3, -0.25) is 4.79 Å². The lowest BCUT2D eigenvalue weighted by Crippen LogP contribution is -2.50. The monoisotopic (exact) mass is 564 g/mol. The number of thioether (sulfide) groups is 1. The standard InChI is InChI=1S/C24H29ClN6O4S2/c1-4-15-8-19(21(28-9-15)23(32)30-6-5-7-30)37-24(35-18-12-34-14(18)2)17(33-3)11-31(27)10-16(26)22-29-20(25)13-36-22/h1,8-10,13-14,17-18,24H,5-7,11-12,26-27H2,2-3H3/b16-10-. The van der Waals surface area contributed by atoms with E-state index < -0.39 is 11.5 Å². The predicted molar refractivity (Wildman–Crippen MR) is 144 cm³/mol. The highest BCUT2D eigenvalue weighted by atomic mass is 35.5. The lowest BCUT2D eigenvalue weighted by molar-refractivity contribution is -0.198. The molecule has 0 aliphatic carbocycles. The first-order valence-corrected chi connectivity index (χ1v) is 13.7. The smallest absolute Gasteiger partial charge is 0.273 e. The largest absolute Gasteiger partial charge is 0.395 e. The van der Waals surface area contributed by atoms with Crippen molar-refractivity contribution in [3.05, 3.63) is 45.3 Å². The van der Waals surface area contributed by atoms with Gasteiger partial charge in [-0.25, -0.2) is 15.8 Å². The second kappa shape index (κ2) is 12.4. The number of pyridine rings is 1. The van der Waals surface area contributed by atoms with E-state index in [1.54, 1.807) is 29.7 Å². The quantitative estimate of drug-likeness (QED) is 0.138. The molecule has 0 saturated carbocycles. The van der Waals surface area contributed by atoms with Crippen molar-refractivity contribution in [2.75, 3.05) is 33.4 Å². The minimum absolute atomic E-state index is 0.0721. The Morgan fingerprint density at radius 1 is 1.54 bits per heavy atom. The van der Waals surface area contributed by atoms with E-state index >= 15 is 0 Å². The molecule has 2 fully saturated rings. The molecule has 37 heavy (non-hydrogen) atoms. The van der Waals surface area contributed by atoms with Crippen LogP contribution in [0, 0.1) is 12.3 Å². The zero-order chi connectivity index (χ0) is 26.5. The molecule has 4 rings (SSSR count). The second-order valence-corrected chi connectivity index (χ2v) is 11.0. The number of amides is 1. The van der Waals surface area contributed by atoms with Crippen LogP contribution in [0.1, 0.15) is 34.4 Å². The molecule has 1 amide bonds. The molecule has 13 heteroatoms. The van der Waals surface area contributed by atoms with Crippen molar-refractivity contribution in [3.8, 4) is 12.3 Å². The van der Waals surface area contributed by atoms with Crippen molar-refractivity contribution in [1.29, 1.82) is 0 Å². The number of carbonyl (C=O) groups excluding carboxylic acids is 1. The number of nitrogens with zero attached hydrogens (tertiary/aromatic N) is 4. The minimum Gasteiger partial charge on any atom is -0.395 e. The van der Waals surface area contributed by atoms with Gasteiger partial charge in [-0.2, -0.15) is 0 Å². The van der Waals surface area contributed by atoms with E-state index in [4.69, 9.17) is 43.8 Å². The molecule has 2 aliphatic rings. The number of nitrogens with two attached hydrogens (primary N) is 2. The van der Waals surface area contributed by atoms with E-state index in [1.165, 1.54) is 34.3 Å². The lowest BCUT2D eigenvalue weighted by Gasteiger charge is -2.39. The lowest BCUT2D eigenvalue weighted by atomic mass is 10.1. The number of carbonyl (C=O) groups is 1. The van der Waals surface area contributed by atoms with Crippen LogP contribution in [0.4, 0.5) is 0 Å². The Balaban J connectivity index is 1.57. The Bertz CT molecular complexity index is 1180. The summed E-state index contributed by atoms with van der Waals surface area (Å²) in [5.41, 5.74) is 6.86. The summed E-state index contributed by atoms with van der Waals surface area (Å²) < 4.78 is 17.7.